The largest absolute Gasteiger partial charge is 0.345 e. The minimum absolute atomic E-state index is 0.192. The number of anilines is 5. The highest BCUT2D eigenvalue weighted by atomic mass is 19.1. The number of rotatable bonds is 5. The molecule has 1 aliphatic rings. The van der Waals surface area contributed by atoms with E-state index >= 15 is 0 Å². The lowest BCUT2D eigenvalue weighted by molar-refractivity contribution is 0.628. The van der Waals surface area contributed by atoms with Gasteiger partial charge in [-0.25, -0.2) is 9.37 Å². The highest BCUT2D eigenvalue weighted by Crippen LogP contribution is 2.51. The maximum absolute atomic E-state index is 13.5. The number of halogens is 1. The van der Waals surface area contributed by atoms with E-state index in [1.807, 2.05) is 38.2 Å². The molecule has 1 aromatic heterocycles. The number of aromatic nitrogens is 1. The molecular formula is C34H30FN3. The van der Waals surface area contributed by atoms with Crippen molar-refractivity contribution in [2.24, 2.45) is 0 Å². The van der Waals surface area contributed by atoms with Crippen LogP contribution in [0.3, 0.4) is 0 Å². The first-order valence-corrected chi connectivity index (χ1v) is 12.9. The van der Waals surface area contributed by atoms with E-state index in [1.54, 1.807) is 0 Å². The van der Waals surface area contributed by atoms with Gasteiger partial charge in [-0.3, -0.25) is 4.90 Å². The SMILES string of the molecule is Cc1cccc(N(c2ccccc2)c2ccc3c(c2)C(C)(C)c2cc(N(C)c4ccc(F)cc4)ccc2-3)n1. The second-order valence-electron chi connectivity index (χ2n) is 10.4. The maximum atomic E-state index is 13.5. The van der Waals surface area contributed by atoms with Crippen LogP contribution < -0.4 is 9.80 Å². The molecule has 5 aromatic rings. The fourth-order valence-corrected chi connectivity index (χ4v) is 5.52. The minimum atomic E-state index is -0.228. The number of hydrogen-bond donors (Lipinski definition) is 0. The molecule has 6 rings (SSSR count). The average molecular weight is 500 g/mol. The van der Waals surface area contributed by atoms with Gasteiger partial charge in [-0.2, -0.15) is 0 Å². The van der Waals surface area contributed by atoms with Gasteiger partial charge in [-0.1, -0.05) is 50.2 Å². The van der Waals surface area contributed by atoms with E-state index in [0.717, 1.165) is 34.3 Å². The Morgan fingerprint density at radius 2 is 1.24 bits per heavy atom. The molecule has 0 fully saturated rings. The zero-order chi connectivity index (χ0) is 26.4. The van der Waals surface area contributed by atoms with E-state index in [1.165, 1.54) is 34.4 Å². The zero-order valence-electron chi connectivity index (χ0n) is 22.1. The van der Waals surface area contributed by atoms with E-state index in [0.29, 0.717) is 0 Å². The Morgan fingerprint density at radius 1 is 0.632 bits per heavy atom. The molecule has 1 aliphatic carbocycles. The normalized spacial score (nSPS) is 13.1. The number of para-hydroxylation sites is 1. The summed E-state index contributed by atoms with van der Waals surface area (Å²) in [6.07, 6.45) is 0. The van der Waals surface area contributed by atoms with E-state index in [9.17, 15) is 4.39 Å². The number of aryl methyl sites for hydroxylation is 1. The van der Waals surface area contributed by atoms with Crippen LogP contribution in [-0.2, 0) is 5.41 Å². The summed E-state index contributed by atoms with van der Waals surface area (Å²) >= 11 is 0. The topological polar surface area (TPSA) is 19.4 Å². The third-order valence-corrected chi connectivity index (χ3v) is 7.62. The highest BCUT2D eigenvalue weighted by molar-refractivity contribution is 5.86. The van der Waals surface area contributed by atoms with Crippen LogP contribution in [0.4, 0.5) is 33.0 Å². The molecule has 0 amide bonds. The van der Waals surface area contributed by atoms with Crippen LogP contribution in [0, 0.1) is 12.7 Å². The van der Waals surface area contributed by atoms with Gasteiger partial charge in [-0.15, -0.1) is 0 Å². The predicted molar refractivity (Wildman–Crippen MR) is 156 cm³/mol. The molecule has 0 atom stereocenters. The van der Waals surface area contributed by atoms with Crippen LogP contribution in [0.2, 0.25) is 0 Å². The van der Waals surface area contributed by atoms with E-state index < -0.39 is 0 Å². The molecule has 0 aliphatic heterocycles. The van der Waals surface area contributed by atoms with Crippen LogP contribution in [0.25, 0.3) is 11.1 Å². The van der Waals surface area contributed by atoms with Crippen LogP contribution in [0.1, 0.15) is 30.7 Å². The lowest BCUT2D eigenvalue weighted by Gasteiger charge is -2.28. The number of hydrogen-bond acceptors (Lipinski definition) is 3. The van der Waals surface area contributed by atoms with Gasteiger partial charge >= 0.3 is 0 Å². The lowest BCUT2D eigenvalue weighted by atomic mass is 9.82. The van der Waals surface area contributed by atoms with Crippen molar-refractivity contribution < 1.29 is 4.39 Å². The van der Waals surface area contributed by atoms with Crippen molar-refractivity contribution in [3.63, 3.8) is 0 Å². The van der Waals surface area contributed by atoms with E-state index in [4.69, 9.17) is 4.98 Å². The monoisotopic (exact) mass is 499 g/mol. The first-order valence-electron chi connectivity index (χ1n) is 12.9. The number of pyridine rings is 1. The van der Waals surface area contributed by atoms with Gasteiger partial charge in [0.05, 0.1) is 0 Å². The standard InChI is InChI=1S/C34H30FN3/c1-23-9-8-12-33(36-23)38(26-10-6-5-7-11-26)28-18-20-30-29-19-17-27(21-31(29)34(2,3)32(30)22-28)37(4)25-15-13-24(35)14-16-25/h5-22H,1-4H3. The Labute approximate surface area is 223 Å². The molecule has 0 radical (unpaired) electrons. The smallest absolute Gasteiger partial charge is 0.137 e. The van der Waals surface area contributed by atoms with Crippen molar-refractivity contribution in [1.82, 2.24) is 4.98 Å². The first kappa shape index (κ1) is 23.9. The molecule has 0 spiro atoms. The van der Waals surface area contributed by atoms with Crippen LogP contribution in [0.5, 0.6) is 0 Å². The average Bonchev–Trinajstić information content (AvgIpc) is 3.15. The summed E-state index contributed by atoms with van der Waals surface area (Å²) in [5, 5.41) is 0. The second kappa shape index (κ2) is 9.14. The molecule has 4 aromatic carbocycles. The van der Waals surface area contributed by atoms with Crippen LogP contribution in [0.15, 0.2) is 109 Å². The van der Waals surface area contributed by atoms with Gasteiger partial charge in [0.15, 0.2) is 0 Å². The Kier molecular flexibility index (Phi) is 5.76. The summed E-state index contributed by atoms with van der Waals surface area (Å²) in [4.78, 5) is 9.18. The summed E-state index contributed by atoms with van der Waals surface area (Å²) in [5.74, 6) is 0.668. The molecule has 188 valence electrons. The van der Waals surface area contributed by atoms with Gasteiger partial charge in [0.2, 0.25) is 0 Å². The molecule has 0 bridgehead atoms. The van der Waals surface area contributed by atoms with Crippen LogP contribution >= 0.6 is 0 Å². The van der Waals surface area contributed by atoms with Gasteiger partial charge < -0.3 is 4.90 Å². The van der Waals surface area contributed by atoms with Crippen molar-refractivity contribution in [3.8, 4) is 11.1 Å². The zero-order valence-corrected chi connectivity index (χ0v) is 22.1. The second-order valence-corrected chi connectivity index (χ2v) is 10.4. The van der Waals surface area contributed by atoms with E-state index in [-0.39, 0.29) is 11.2 Å². The van der Waals surface area contributed by atoms with Crippen molar-refractivity contribution in [2.45, 2.75) is 26.2 Å². The quantitative estimate of drug-likeness (QED) is 0.240. The van der Waals surface area contributed by atoms with Crippen molar-refractivity contribution in [1.29, 1.82) is 0 Å². The molecule has 38 heavy (non-hydrogen) atoms. The summed E-state index contributed by atoms with van der Waals surface area (Å²) in [6.45, 7) is 6.61. The Bertz CT molecular complexity index is 1620. The number of nitrogens with zero attached hydrogens (tertiary/aromatic N) is 3. The molecule has 4 heteroatoms. The van der Waals surface area contributed by atoms with Crippen molar-refractivity contribution in [2.75, 3.05) is 16.8 Å². The van der Waals surface area contributed by atoms with Gasteiger partial charge in [-0.05, 0) is 102 Å². The molecule has 0 unspecified atom stereocenters. The summed E-state index contributed by atoms with van der Waals surface area (Å²) in [6, 6.07) is 36.6. The molecule has 0 saturated heterocycles. The van der Waals surface area contributed by atoms with Crippen LogP contribution in [-0.4, -0.2) is 12.0 Å². The fraction of sp³-hybridized carbons (Fsp3) is 0.147. The molecule has 1 heterocycles. The summed E-state index contributed by atoms with van der Waals surface area (Å²) < 4.78 is 13.5. The lowest BCUT2D eigenvalue weighted by Crippen LogP contribution is -2.18. The van der Waals surface area contributed by atoms with Crippen molar-refractivity contribution >= 4 is 28.6 Å². The maximum Gasteiger partial charge on any atom is 0.137 e. The molecule has 0 saturated carbocycles. The Balaban J connectivity index is 1.43. The Morgan fingerprint density at radius 3 is 1.89 bits per heavy atom. The highest BCUT2D eigenvalue weighted by Gasteiger charge is 2.36. The minimum Gasteiger partial charge on any atom is -0.345 e. The van der Waals surface area contributed by atoms with Gasteiger partial charge in [0, 0.05) is 40.9 Å². The predicted octanol–water partition coefficient (Wildman–Crippen LogP) is 9.07. The summed E-state index contributed by atoms with van der Waals surface area (Å²) in [7, 11) is 2.02. The summed E-state index contributed by atoms with van der Waals surface area (Å²) in [5.41, 5.74) is 10.1. The first-order chi connectivity index (χ1) is 18.3. The van der Waals surface area contributed by atoms with Crippen molar-refractivity contribution in [3.05, 3.63) is 132 Å². The Hall–Kier alpha value is -4.44. The van der Waals surface area contributed by atoms with Gasteiger partial charge in [0.25, 0.3) is 0 Å². The van der Waals surface area contributed by atoms with Gasteiger partial charge in [0.1, 0.15) is 11.6 Å². The third kappa shape index (κ3) is 4.03. The van der Waals surface area contributed by atoms with E-state index in [2.05, 4.69) is 96.4 Å². The molecular weight excluding hydrogens is 469 g/mol. The molecule has 0 N–H and O–H groups in total. The third-order valence-electron chi connectivity index (χ3n) is 7.62. The fourth-order valence-electron chi connectivity index (χ4n) is 5.52. The molecule has 3 nitrogen and oxygen atoms in total. The number of fused-ring (bicyclic) bond motifs is 3. The number of benzene rings is 4.